The van der Waals surface area contributed by atoms with Crippen molar-refractivity contribution < 1.29 is 9.53 Å². The Morgan fingerprint density at radius 2 is 1.96 bits per heavy atom. The van der Waals surface area contributed by atoms with Crippen molar-refractivity contribution in [2.24, 2.45) is 0 Å². The quantitative estimate of drug-likeness (QED) is 0.306. The third kappa shape index (κ3) is 3.87. The van der Waals surface area contributed by atoms with Crippen molar-refractivity contribution >= 4 is 50.9 Å². The van der Waals surface area contributed by atoms with Crippen molar-refractivity contribution in [3.05, 3.63) is 40.5 Å². The van der Waals surface area contributed by atoms with Gasteiger partial charge in [-0.1, -0.05) is 35.5 Å². The Morgan fingerprint density at radius 1 is 1.27 bits per heavy atom. The molecule has 7 heteroatoms. The number of halogens is 1. The maximum atomic E-state index is 12.3. The first kappa shape index (κ1) is 19.1. The van der Waals surface area contributed by atoms with E-state index in [1.165, 1.54) is 11.8 Å². The summed E-state index contributed by atoms with van der Waals surface area (Å²) in [4.78, 5) is 22.4. The van der Waals surface area contributed by atoms with E-state index in [-0.39, 0.29) is 5.97 Å². The van der Waals surface area contributed by atoms with Crippen LogP contribution in [0.2, 0.25) is 5.02 Å². The van der Waals surface area contributed by atoms with Gasteiger partial charge in [-0.15, -0.1) is 11.3 Å². The Morgan fingerprint density at radius 3 is 2.62 bits per heavy atom. The topological polar surface area (TPSA) is 52.1 Å². The molecule has 0 spiro atoms. The van der Waals surface area contributed by atoms with E-state index in [0.29, 0.717) is 17.5 Å². The number of fused-ring (bicyclic) bond motifs is 1. The number of thioether (sulfide) groups is 1. The van der Waals surface area contributed by atoms with Crippen LogP contribution < -0.4 is 0 Å². The molecule has 2 aromatic heterocycles. The highest BCUT2D eigenvalue weighted by atomic mass is 35.5. The molecule has 0 N–H and O–H groups in total. The van der Waals surface area contributed by atoms with Gasteiger partial charge in [-0.3, -0.25) is 4.79 Å². The van der Waals surface area contributed by atoms with Crippen molar-refractivity contribution in [3.63, 3.8) is 0 Å². The SMILES string of the molecule is CCOC(=O)C(C)(C)Sc1nc(C)nc2scc(-c3ccc(Cl)cc3)c12. The second kappa shape index (κ2) is 7.55. The molecule has 0 unspecified atom stereocenters. The molecular formula is C19H19ClN2O2S2. The van der Waals surface area contributed by atoms with Crippen molar-refractivity contribution in [2.45, 2.75) is 37.5 Å². The summed E-state index contributed by atoms with van der Waals surface area (Å²) in [5, 5.41) is 4.52. The Labute approximate surface area is 166 Å². The molecule has 136 valence electrons. The van der Waals surface area contributed by atoms with Gasteiger partial charge in [-0.25, -0.2) is 9.97 Å². The lowest BCUT2D eigenvalue weighted by molar-refractivity contribution is -0.145. The summed E-state index contributed by atoms with van der Waals surface area (Å²) in [6.07, 6.45) is 0. The van der Waals surface area contributed by atoms with Gasteiger partial charge in [-0.05, 0) is 45.4 Å². The summed E-state index contributed by atoms with van der Waals surface area (Å²) in [6.45, 7) is 7.74. The maximum Gasteiger partial charge on any atom is 0.322 e. The summed E-state index contributed by atoms with van der Waals surface area (Å²) < 4.78 is 4.47. The van der Waals surface area contributed by atoms with E-state index in [1.54, 1.807) is 11.3 Å². The van der Waals surface area contributed by atoms with Crippen LogP contribution in [-0.2, 0) is 9.53 Å². The fourth-order valence-corrected chi connectivity index (χ4v) is 4.81. The van der Waals surface area contributed by atoms with Gasteiger partial charge in [-0.2, -0.15) is 0 Å². The van der Waals surface area contributed by atoms with E-state index in [2.05, 4.69) is 15.3 Å². The Balaban J connectivity index is 2.11. The summed E-state index contributed by atoms with van der Waals surface area (Å²) in [5.41, 5.74) is 2.09. The molecule has 0 aliphatic carbocycles. The zero-order chi connectivity index (χ0) is 18.9. The van der Waals surface area contributed by atoms with E-state index in [0.717, 1.165) is 26.4 Å². The first-order chi connectivity index (χ1) is 12.3. The molecule has 0 fully saturated rings. The van der Waals surface area contributed by atoms with Gasteiger partial charge in [0.05, 0.1) is 12.0 Å². The van der Waals surface area contributed by atoms with Crippen molar-refractivity contribution in [3.8, 4) is 11.1 Å². The molecule has 2 heterocycles. The van der Waals surface area contributed by atoms with Crippen LogP contribution in [0, 0.1) is 6.92 Å². The summed E-state index contributed by atoms with van der Waals surface area (Å²) in [6, 6.07) is 7.69. The summed E-state index contributed by atoms with van der Waals surface area (Å²) >= 11 is 9.00. The van der Waals surface area contributed by atoms with Crippen molar-refractivity contribution in [1.82, 2.24) is 9.97 Å². The molecule has 0 radical (unpaired) electrons. The van der Waals surface area contributed by atoms with Gasteiger partial charge >= 0.3 is 5.97 Å². The third-order valence-electron chi connectivity index (χ3n) is 3.79. The van der Waals surface area contributed by atoms with Gasteiger partial charge < -0.3 is 4.74 Å². The third-order valence-corrected chi connectivity index (χ3v) is 6.08. The number of aryl methyl sites for hydroxylation is 1. The standard InChI is InChI=1S/C19H19ClN2O2S2/c1-5-24-18(23)19(3,4)26-17-15-14(12-6-8-13(20)9-7-12)10-25-16(15)21-11(2)22-17/h6-10H,5H2,1-4H3. The fraction of sp³-hybridized carbons (Fsp3) is 0.316. The minimum atomic E-state index is -0.747. The zero-order valence-electron chi connectivity index (χ0n) is 15.0. The molecule has 0 aliphatic rings. The number of nitrogens with zero attached hydrogens (tertiary/aromatic N) is 2. The fourth-order valence-electron chi connectivity index (χ4n) is 2.52. The molecule has 3 rings (SSSR count). The van der Waals surface area contributed by atoms with Crippen LogP contribution in [-0.4, -0.2) is 27.3 Å². The van der Waals surface area contributed by atoms with Crippen molar-refractivity contribution in [2.75, 3.05) is 6.61 Å². The number of hydrogen-bond acceptors (Lipinski definition) is 6. The van der Waals surface area contributed by atoms with E-state index >= 15 is 0 Å². The van der Waals surface area contributed by atoms with Crippen molar-refractivity contribution in [1.29, 1.82) is 0 Å². The molecule has 3 aromatic rings. The number of thiophene rings is 1. The zero-order valence-corrected chi connectivity index (χ0v) is 17.4. The predicted molar refractivity (Wildman–Crippen MR) is 109 cm³/mol. The van der Waals surface area contributed by atoms with Gasteiger partial charge in [0.1, 0.15) is 20.4 Å². The van der Waals surface area contributed by atoms with Crippen LogP contribution in [0.15, 0.2) is 34.7 Å². The molecule has 0 bridgehead atoms. The van der Waals surface area contributed by atoms with Crippen LogP contribution in [0.4, 0.5) is 0 Å². The largest absolute Gasteiger partial charge is 0.465 e. The Hall–Kier alpha value is -1.63. The maximum absolute atomic E-state index is 12.3. The molecule has 0 aliphatic heterocycles. The molecular weight excluding hydrogens is 388 g/mol. The lowest BCUT2D eigenvalue weighted by atomic mass is 10.1. The summed E-state index contributed by atoms with van der Waals surface area (Å²) in [5.74, 6) is 0.432. The average Bonchev–Trinajstić information content (AvgIpc) is 2.99. The van der Waals surface area contributed by atoms with Crippen LogP contribution >= 0.6 is 34.7 Å². The molecule has 26 heavy (non-hydrogen) atoms. The smallest absolute Gasteiger partial charge is 0.322 e. The number of aromatic nitrogens is 2. The average molecular weight is 407 g/mol. The number of carbonyl (C=O) groups is 1. The van der Waals surface area contributed by atoms with Gasteiger partial charge in [0.25, 0.3) is 0 Å². The lowest BCUT2D eigenvalue weighted by Gasteiger charge is -2.21. The highest BCUT2D eigenvalue weighted by Gasteiger charge is 2.32. The van der Waals surface area contributed by atoms with E-state index in [4.69, 9.17) is 16.3 Å². The minimum absolute atomic E-state index is 0.252. The van der Waals surface area contributed by atoms with Gasteiger partial charge in [0.2, 0.25) is 0 Å². The number of ether oxygens (including phenoxy) is 1. The molecule has 0 amide bonds. The number of carbonyl (C=O) groups excluding carboxylic acids is 1. The molecule has 0 saturated carbocycles. The number of hydrogen-bond donors (Lipinski definition) is 0. The Kier molecular flexibility index (Phi) is 5.55. The molecule has 0 saturated heterocycles. The highest BCUT2D eigenvalue weighted by Crippen LogP contribution is 2.42. The number of benzene rings is 1. The lowest BCUT2D eigenvalue weighted by Crippen LogP contribution is -2.30. The second-order valence-electron chi connectivity index (χ2n) is 6.25. The van der Waals surface area contributed by atoms with E-state index in [9.17, 15) is 4.79 Å². The highest BCUT2D eigenvalue weighted by molar-refractivity contribution is 8.01. The second-order valence-corrected chi connectivity index (χ2v) is 9.15. The van der Waals surface area contributed by atoms with Crippen LogP contribution in [0.25, 0.3) is 21.3 Å². The van der Waals surface area contributed by atoms with E-state index < -0.39 is 4.75 Å². The first-order valence-electron chi connectivity index (χ1n) is 8.20. The minimum Gasteiger partial charge on any atom is -0.465 e. The Bertz CT molecular complexity index is 952. The molecule has 4 nitrogen and oxygen atoms in total. The number of rotatable bonds is 5. The number of esters is 1. The monoisotopic (exact) mass is 406 g/mol. The van der Waals surface area contributed by atoms with Crippen LogP contribution in [0.5, 0.6) is 0 Å². The van der Waals surface area contributed by atoms with Crippen LogP contribution in [0.3, 0.4) is 0 Å². The summed E-state index contributed by atoms with van der Waals surface area (Å²) in [7, 11) is 0. The van der Waals surface area contributed by atoms with Gasteiger partial charge in [0.15, 0.2) is 0 Å². The molecule has 1 aromatic carbocycles. The predicted octanol–water partition coefficient (Wildman–Crippen LogP) is 5.75. The normalized spacial score (nSPS) is 11.7. The van der Waals surface area contributed by atoms with Crippen LogP contribution in [0.1, 0.15) is 26.6 Å². The molecule has 0 atom stereocenters. The van der Waals surface area contributed by atoms with Gasteiger partial charge in [0, 0.05) is 16.0 Å². The van der Waals surface area contributed by atoms with E-state index in [1.807, 2.05) is 52.0 Å². The first-order valence-corrected chi connectivity index (χ1v) is 10.3.